The van der Waals surface area contributed by atoms with Crippen LogP contribution in [-0.2, 0) is 0 Å². The SMILES string of the molecule is c1ccc(-c2ccc3c(sc4ccccc43)c2N(c2ccc(-c3ccc4c(c3)sc3ccccc34)cc2)c2cccc3ccccc23)cc1. The highest BCUT2D eigenvalue weighted by atomic mass is 32.1. The van der Waals surface area contributed by atoms with Crippen LogP contribution < -0.4 is 4.90 Å². The van der Waals surface area contributed by atoms with Crippen molar-refractivity contribution in [2.75, 3.05) is 4.90 Å². The number of hydrogen-bond donors (Lipinski definition) is 0. The molecule has 230 valence electrons. The van der Waals surface area contributed by atoms with Crippen molar-refractivity contribution in [3.05, 3.63) is 176 Å². The van der Waals surface area contributed by atoms with Gasteiger partial charge in [0.25, 0.3) is 0 Å². The lowest BCUT2D eigenvalue weighted by Crippen LogP contribution is -2.12. The van der Waals surface area contributed by atoms with Crippen LogP contribution in [0.5, 0.6) is 0 Å². The maximum atomic E-state index is 2.50. The van der Waals surface area contributed by atoms with E-state index in [-0.39, 0.29) is 0 Å². The molecular formula is C46H29NS2. The lowest BCUT2D eigenvalue weighted by molar-refractivity contribution is 1.32. The Morgan fingerprint density at radius 2 is 0.980 bits per heavy atom. The molecule has 0 bridgehead atoms. The smallest absolute Gasteiger partial charge is 0.0718 e. The monoisotopic (exact) mass is 659 g/mol. The van der Waals surface area contributed by atoms with Crippen molar-refractivity contribution in [3.63, 3.8) is 0 Å². The summed E-state index contributed by atoms with van der Waals surface area (Å²) < 4.78 is 5.24. The molecule has 0 fully saturated rings. The van der Waals surface area contributed by atoms with E-state index in [1.807, 2.05) is 22.7 Å². The van der Waals surface area contributed by atoms with E-state index in [0.29, 0.717) is 0 Å². The molecule has 3 heteroatoms. The van der Waals surface area contributed by atoms with Crippen LogP contribution in [0.25, 0.3) is 73.4 Å². The van der Waals surface area contributed by atoms with Crippen LogP contribution in [0.4, 0.5) is 17.1 Å². The van der Waals surface area contributed by atoms with E-state index in [0.717, 1.165) is 5.69 Å². The summed E-state index contributed by atoms with van der Waals surface area (Å²) in [5, 5.41) is 7.69. The molecule has 0 radical (unpaired) electrons. The lowest BCUT2D eigenvalue weighted by atomic mass is 9.98. The number of nitrogens with zero attached hydrogens (tertiary/aromatic N) is 1. The zero-order valence-electron chi connectivity index (χ0n) is 26.5. The normalized spacial score (nSPS) is 11.7. The van der Waals surface area contributed by atoms with Crippen LogP contribution in [-0.4, -0.2) is 0 Å². The fourth-order valence-corrected chi connectivity index (χ4v) is 9.73. The van der Waals surface area contributed by atoms with Crippen LogP contribution in [0.3, 0.4) is 0 Å². The van der Waals surface area contributed by atoms with Gasteiger partial charge < -0.3 is 4.90 Å². The number of anilines is 3. The summed E-state index contributed by atoms with van der Waals surface area (Å²) in [6, 6.07) is 64.4. The van der Waals surface area contributed by atoms with E-state index in [9.17, 15) is 0 Å². The molecule has 2 heterocycles. The highest BCUT2D eigenvalue weighted by Crippen LogP contribution is 2.50. The Labute approximate surface area is 292 Å². The molecule has 0 unspecified atom stereocenters. The minimum Gasteiger partial charge on any atom is -0.308 e. The van der Waals surface area contributed by atoms with Gasteiger partial charge in [0.1, 0.15) is 0 Å². The molecule has 0 N–H and O–H groups in total. The zero-order valence-corrected chi connectivity index (χ0v) is 28.1. The van der Waals surface area contributed by atoms with Crippen molar-refractivity contribution in [2.45, 2.75) is 0 Å². The Morgan fingerprint density at radius 3 is 1.80 bits per heavy atom. The largest absolute Gasteiger partial charge is 0.308 e. The van der Waals surface area contributed by atoms with E-state index >= 15 is 0 Å². The summed E-state index contributed by atoms with van der Waals surface area (Å²) in [6.07, 6.45) is 0. The minimum atomic E-state index is 1.13. The second-order valence-corrected chi connectivity index (χ2v) is 14.6. The Kier molecular flexibility index (Phi) is 6.61. The van der Waals surface area contributed by atoms with Gasteiger partial charge in [-0.25, -0.2) is 0 Å². The first kappa shape index (κ1) is 28.3. The Balaban J connectivity index is 1.22. The van der Waals surface area contributed by atoms with Gasteiger partial charge in [-0.05, 0) is 58.5 Å². The van der Waals surface area contributed by atoms with Crippen molar-refractivity contribution in [2.24, 2.45) is 0 Å². The van der Waals surface area contributed by atoms with E-state index in [1.165, 1.54) is 84.7 Å². The molecular weight excluding hydrogens is 631 g/mol. The van der Waals surface area contributed by atoms with Gasteiger partial charge in [0.2, 0.25) is 0 Å². The zero-order chi connectivity index (χ0) is 32.3. The van der Waals surface area contributed by atoms with Gasteiger partial charge in [0, 0.05) is 52.3 Å². The van der Waals surface area contributed by atoms with E-state index in [4.69, 9.17) is 0 Å². The highest BCUT2D eigenvalue weighted by molar-refractivity contribution is 7.26. The van der Waals surface area contributed by atoms with Crippen LogP contribution >= 0.6 is 22.7 Å². The molecule has 8 aromatic carbocycles. The van der Waals surface area contributed by atoms with Crippen LogP contribution in [0.2, 0.25) is 0 Å². The summed E-state index contributed by atoms with van der Waals surface area (Å²) >= 11 is 3.75. The fourth-order valence-electron chi connectivity index (χ4n) is 7.35. The molecule has 0 saturated heterocycles. The number of fused-ring (bicyclic) bond motifs is 7. The predicted molar refractivity (Wildman–Crippen MR) is 215 cm³/mol. The number of thiophene rings is 2. The quantitative estimate of drug-likeness (QED) is 0.178. The van der Waals surface area contributed by atoms with Crippen LogP contribution in [0, 0.1) is 0 Å². The molecule has 0 saturated carbocycles. The standard InChI is InChI=1S/C46H29NS2/c1-2-11-32(12-3-1)36-27-28-40-38-17-7-9-20-43(38)49-46(40)45(36)47(41-18-10-14-31-13-4-5-15-35(31)41)34-24-21-30(22-25-34)33-23-26-39-37-16-6-8-19-42(37)48-44(39)29-33/h1-29H. The highest BCUT2D eigenvalue weighted by Gasteiger charge is 2.24. The summed E-state index contributed by atoms with van der Waals surface area (Å²) in [5.41, 5.74) is 8.37. The third-order valence-electron chi connectivity index (χ3n) is 9.67. The van der Waals surface area contributed by atoms with Gasteiger partial charge in [-0.3, -0.25) is 0 Å². The molecule has 0 aliphatic heterocycles. The first-order valence-electron chi connectivity index (χ1n) is 16.6. The minimum absolute atomic E-state index is 1.13. The van der Waals surface area contributed by atoms with Gasteiger partial charge in [-0.15, -0.1) is 22.7 Å². The Morgan fingerprint density at radius 1 is 0.367 bits per heavy atom. The molecule has 0 aliphatic carbocycles. The summed E-state index contributed by atoms with van der Waals surface area (Å²) in [5.74, 6) is 0. The lowest BCUT2D eigenvalue weighted by Gasteiger charge is -2.30. The molecule has 2 aromatic heterocycles. The summed E-state index contributed by atoms with van der Waals surface area (Å²) in [7, 11) is 0. The molecule has 10 rings (SSSR count). The average molecular weight is 660 g/mol. The molecule has 0 atom stereocenters. The molecule has 10 aromatic rings. The fraction of sp³-hybridized carbons (Fsp3) is 0. The van der Waals surface area contributed by atoms with E-state index in [2.05, 4.69) is 181 Å². The van der Waals surface area contributed by atoms with Crippen molar-refractivity contribution in [1.29, 1.82) is 0 Å². The molecule has 0 aliphatic rings. The van der Waals surface area contributed by atoms with E-state index in [1.54, 1.807) is 0 Å². The topological polar surface area (TPSA) is 3.24 Å². The van der Waals surface area contributed by atoms with Crippen LogP contribution in [0.15, 0.2) is 176 Å². The number of hydrogen-bond acceptors (Lipinski definition) is 3. The first-order chi connectivity index (χ1) is 24.3. The van der Waals surface area contributed by atoms with Gasteiger partial charge in [0.15, 0.2) is 0 Å². The van der Waals surface area contributed by atoms with Gasteiger partial charge in [0.05, 0.1) is 16.1 Å². The second kappa shape index (κ2) is 11.5. The van der Waals surface area contributed by atoms with Gasteiger partial charge >= 0.3 is 0 Å². The molecule has 49 heavy (non-hydrogen) atoms. The van der Waals surface area contributed by atoms with Crippen molar-refractivity contribution in [1.82, 2.24) is 0 Å². The Hall–Kier alpha value is -5.74. The average Bonchev–Trinajstić information content (AvgIpc) is 3.74. The first-order valence-corrected chi connectivity index (χ1v) is 18.2. The predicted octanol–water partition coefficient (Wildman–Crippen LogP) is 14.4. The van der Waals surface area contributed by atoms with Gasteiger partial charge in [-0.2, -0.15) is 0 Å². The number of rotatable bonds is 5. The second-order valence-electron chi connectivity index (χ2n) is 12.5. The van der Waals surface area contributed by atoms with Crippen molar-refractivity contribution < 1.29 is 0 Å². The molecule has 1 nitrogen and oxygen atoms in total. The third-order valence-corrected chi connectivity index (χ3v) is 12.0. The van der Waals surface area contributed by atoms with E-state index < -0.39 is 0 Å². The Bertz CT molecular complexity index is 2820. The van der Waals surface area contributed by atoms with Crippen molar-refractivity contribution in [3.8, 4) is 22.3 Å². The maximum Gasteiger partial charge on any atom is 0.0718 e. The number of benzene rings is 8. The van der Waals surface area contributed by atoms with Crippen molar-refractivity contribution >= 4 is 90.9 Å². The summed E-state index contributed by atoms with van der Waals surface area (Å²) in [4.78, 5) is 2.50. The molecule has 0 amide bonds. The summed E-state index contributed by atoms with van der Waals surface area (Å²) in [6.45, 7) is 0. The third kappa shape index (κ3) is 4.66. The molecule has 0 spiro atoms. The van der Waals surface area contributed by atoms with Crippen LogP contribution in [0.1, 0.15) is 0 Å². The van der Waals surface area contributed by atoms with Gasteiger partial charge in [-0.1, -0.05) is 140 Å². The maximum absolute atomic E-state index is 2.50.